The van der Waals surface area contributed by atoms with Crippen LogP contribution in [0.4, 0.5) is 0 Å². The fourth-order valence-corrected chi connectivity index (χ4v) is 2.30. The molecule has 1 aliphatic rings. The van der Waals surface area contributed by atoms with Crippen LogP contribution in [-0.2, 0) is 6.42 Å². The van der Waals surface area contributed by atoms with Gasteiger partial charge in [0.25, 0.3) is 0 Å². The molecule has 3 rings (SSSR count). The molecule has 0 unspecified atom stereocenters. The molecule has 2 N–H and O–H groups in total. The van der Waals surface area contributed by atoms with E-state index in [1.165, 1.54) is 30.2 Å². The van der Waals surface area contributed by atoms with Gasteiger partial charge in [0.15, 0.2) is 0 Å². The molecule has 1 saturated carbocycles. The van der Waals surface area contributed by atoms with E-state index in [4.69, 9.17) is 10.3 Å². The summed E-state index contributed by atoms with van der Waals surface area (Å²) in [6, 6.07) is 6.35. The number of hydrogen-bond donors (Lipinski definition) is 1. The summed E-state index contributed by atoms with van der Waals surface area (Å²) in [6.45, 7) is 0.679. The first kappa shape index (κ1) is 9.85. The van der Waals surface area contributed by atoms with Crippen LogP contribution in [0.1, 0.15) is 36.5 Å². The minimum Gasteiger partial charge on any atom is -0.360 e. The van der Waals surface area contributed by atoms with Crippen LogP contribution >= 0.6 is 0 Å². The molecule has 0 atom stereocenters. The molecule has 0 amide bonds. The SMILES string of the molecule is NCCc1ccc2c(C3CCC3)onc2c1. The third kappa shape index (κ3) is 1.52. The molecule has 1 aromatic heterocycles. The number of nitrogens with two attached hydrogens (primary N) is 1. The summed E-state index contributed by atoms with van der Waals surface area (Å²) in [5.74, 6) is 1.69. The first-order valence-electron chi connectivity index (χ1n) is 5.97. The Kier molecular flexibility index (Phi) is 2.40. The van der Waals surface area contributed by atoms with E-state index in [9.17, 15) is 0 Å². The lowest BCUT2D eigenvalue weighted by Crippen LogP contribution is -2.07. The Bertz CT molecular complexity index is 500. The fraction of sp³-hybridized carbons (Fsp3) is 0.462. The summed E-state index contributed by atoms with van der Waals surface area (Å²) < 4.78 is 5.47. The van der Waals surface area contributed by atoms with Crippen LogP contribution in [0.3, 0.4) is 0 Å². The Morgan fingerprint density at radius 1 is 1.38 bits per heavy atom. The van der Waals surface area contributed by atoms with E-state index in [0.29, 0.717) is 12.5 Å². The van der Waals surface area contributed by atoms with Gasteiger partial charge < -0.3 is 10.3 Å². The number of nitrogens with zero attached hydrogens (tertiary/aromatic N) is 1. The summed E-state index contributed by atoms with van der Waals surface area (Å²) in [5, 5.41) is 5.33. The van der Waals surface area contributed by atoms with E-state index in [0.717, 1.165) is 17.7 Å². The summed E-state index contributed by atoms with van der Waals surface area (Å²) in [6.07, 6.45) is 4.71. The maximum Gasteiger partial charge on any atom is 0.147 e. The van der Waals surface area contributed by atoms with Crippen molar-refractivity contribution in [2.75, 3.05) is 6.54 Å². The lowest BCUT2D eigenvalue weighted by molar-refractivity contribution is 0.305. The van der Waals surface area contributed by atoms with Crippen molar-refractivity contribution in [1.82, 2.24) is 5.16 Å². The monoisotopic (exact) mass is 216 g/mol. The molecule has 0 spiro atoms. The van der Waals surface area contributed by atoms with Crippen LogP contribution < -0.4 is 5.73 Å². The molecule has 1 aliphatic carbocycles. The van der Waals surface area contributed by atoms with Gasteiger partial charge in [-0.1, -0.05) is 17.6 Å². The van der Waals surface area contributed by atoms with Gasteiger partial charge in [0.05, 0.1) is 0 Å². The number of rotatable bonds is 3. The zero-order valence-corrected chi connectivity index (χ0v) is 9.28. The number of benzene rings is 1. The van der Waals surface area contributed by atoms with Gasteiger partial charge >= 0.3 is 0 Å². The minimum absolute atomic E-state index is 0.602. The largest absolute Gasteiger partial charge is 0.360 e. The zero-order chi connectivity index (χ0) is 11.0. The van der Waals surface area contributed by atoms with Crippen molar-refractivity contribution in [3.63, 3.8) is 0 Å². The summed E-state index contributed by atoms with van der Waals surface area (Å²) >= 11 is 0. The van der Waals surface area contributed by atoms with Crippen LogP contribution in [0.5, 0.6) is 0 Å². The third-order valence-electron chi connectivity index (χ3n) is 3.48. The molecule has 16 heavy (non-hydrogen) atoms. The fourth-order valence-electron chi connectivity index (χ4n) is 2.30. The summed E-state index contributed by atoms with van der Waals surface area (Å²) in [4.78, 5) is 0. The predicted octanol–water partition coefficient (Wildman–Crippen LogP) is 2.60. The second-order valence-electron chi connectivity index (χ2n) is 4.56. The Morgan fingerprint density at radius 2 is 2.25 bits per heavy atom. The van der Waals surface area contributed by atoms with E-state index in [1.807, 2.05) is 0 Å². The quantitative estimate of drug-likeness (QED) is 0.858. The zero-order valence-electron chi connectivity index (χ0n) is 9.28. The van der Waals surface area contributed by atoms with Gasteiger partial charge in [0, 0.05) is 11.3 Å². The first-order valence-corrected chi connectivity index (χ1v) is 5.97. The van der Waals surface area contributed by atoms with Crippen LogP contribution in [0.2, 0.25) is 0 Å². The van der Waals surface area contributed by atoms with Crippen molar-refractivity contribution in [1.29, 1.82) is 0 Å². The minimum atomic E-state index is 0.602. The highest BCUT2D eigenvalue weighted by molar-refractivity contribution is 5.81. The van der Waals surface area contributed by atoms with Gasteiger partial charge in [-0.2, -0.15) is 0 Å². The molecule has 0 bridgehead atoms. The van der Waals surface area contributed by atoms with Crippen molar-refractivity contribution >= 4 is 10.9 Å². The highest BCUT2D eigenvalue weighted by atomic mass is 16.5. The van der Waals surface area contributed by atoms with Crippen LogP contribution in [0, 0.1) is 0 Å². The van der Waals surface area contributed by atoms with Crippen molar-refractivity contribution < 1.29 is 4.52 Å². The maximum atomic E-state index is 5.54. The topological polar surface area (TPSA) is 52.0 Å². The standard InChI is InChI=1S/C13H16N2O/c14-7-6-9-4-5-11-12(8-9)15-16-13(11)10-2-1-3-10/h4-5,8,10H,1-3,6-7,14H2. The van der Waals surface area contributed by atoms with Crippen molar-refractivity contribution in [2.24, 2.45) is 5.73 Å². The van der Waals surface area contributed by atoms with Crippen molar-refractivity contribution in [2.45, 2.75) is 31.6 Å². The normalized spacial score (nSPS) is 16.6. The molecule has 1 aromatic carbocycles. The predicted molar refractivity (Wildman–Crippen MR) is 63.4 cm³/mol. The molecular formula is C13H16N2O. The molecular weight excluding hydrogens is 200 g/mol. The molecule has 2 aromatic rings. The molecule has 3 heteroatoms. The molecule has 1 fully saturated rings. The van der Waals surface area contributed by atoms with Gasteiger partial charge in [-0.25, -0.2) is 0 Å². The van der Waals surface area contributed by atoms with Gasteiger partial charge in [0.2, 0.25) is 0 Å². The molecule has 3 nitrogen and oxygen atoms in total. The second kappa shape index (κ2) is 3.91. The highest BCUT2D eigenvalue weighted by Crippen LogP contribution is 2.39. The summed E-state index contributed by atoms with van der Waals surface area (Å²) in [7, 11) is 0. The Morgan fingerprint density at radius 3 is 2.94 bits per heavy atom. The van der Waals surface area contributed by atoms with E-state index in [2.05, 4.69) is 23.4 Å². The van der Waals surface area contributed by atoms with E-state index < -0.39 is 0 Å². The number of fused-ring (bicyclic) bond motifs is 1. The molecule has 84 valence electrons. The molecule has 0 radical (unpaired) electrons. The lowest BCUT2D eigenvalue weighted by Gasteiger charge is -2.22. The van der Waals surface area contributed by atoms with Gasteiger partial charge in [-0.05, 0) is 43.5 Å². The van der Waals surface area contributed by atoms with Crippen molar-refractivity contribution in [3.8, 4) is 0 Å². The Labute approximate surface area is 94.6 Å². The second-order valence-corrected chi connectivity index (χ2v) is 4.56. The maximum absolute atomic E-state index is 5.54. The summed E-state index contributed by atoms with van der Waals surface area (Å²) in [5.41, 5.74) is 7.76. The van der Waals surface area contributed by atoms with E-state index in [-0.39, 0.29) is 0 Å². The van der Waals surface area contributed by atoms with Gasteiger partial charge in [0.1, 0.15) is 11.3 Å². The van der Waals surface area contributed by atoms with E-state index in [1.54, 1.807) is 0 Å². The van der Waals surface area contributed by atoms with E-state index >= 15 is 0 Å². The first-order chi connectivity index (χ1) is 7.88. The van der Waals surface area contributed by atoms with Crippen LogP contribution in [0.15, 0.2) is 22.7 Å². The molecule has 0 aliphatic heterocycles. The number of hydrogen-bond acceptors (Lipinski definition) is 3. The Hall–Kier alpha value is -1.35. The smallest absolute Gasteiger partial charge is 0.147 e. The Balaban J connectivity index is 2.00. The average molecular weight is 216 g/mol. The van der Waals surface area contributed by atoms with Gasteiger partial charge in [-0.3, -0.25) is 0 Å². The molecule has 1 heterocycles. The van der Waals surface area contributed by atoms with Crippen LogP contribution in [-0.4, -0.2) is 11.7 Å². The molecule has 0 saturated heterocycles. The van der Waals surface area contributed by atoms with Crippen LogP contribution in [0.25, 0.3) is 10.9 Å². The average Bonchev–Trinajstić information content (AvgIpc) is 2.60. The number of aromatic nitrogens is 1. The lowest BCUT2D eigenvalue weighted by atomic mass is 9.82. The van der Waals surface area contributed by atoms with Gasteiger partial charge in [-0.15, -0.1) is 0 Å². The highest BCUT2D eigenvalue weighted by Gasteiger charge is 2.25. The van der Waals surface area contributed by atoms with Crippen molar-refractivity contribution in [3.05, 3.63) is 29.5 Å². The third-order valence-corrected chi connectivity index (χ3v) is 3.48.